The zero-order chi connectivity index (χ0) is 13.4. The second kappa shape index (κ2) is 8.86. The van der Waals surface area contributed by atoms with E-state index in [4.69, 9.17) is 10.5 Å². The second-order valence-corrected chi connectivity index (χ2v) is 5.44. The molecule has 104 valence electrons. The van der Waals surface area contributed by atoms with Crippen molar-refractivity contribution in [1.29, 1.82) is 0 Å². The van der Waals surface area contributed by atoms with Gasteiger partial charge in [0, 0.05) is 18.6 Å². The summed E-state index contributed by atoms with van der Waals surface area (Å²) < 4.78 is 5.50. The molecule has 0 aromatic carbocycles. The molecule has 0 saturated carbocycles. The Labute approximate surface area is 106 Å². The maximum Gasteiger partial charge on any atom is 0.0601 e. The van der Waals surface area contributed by atoms with Crippen molar-refractivity contribution in [3.63, 3.8) is 0 Å². The minimum Gasteiger partial charge on any atom is -0.395 e. The molecule has 4 heteroatoms. The largest absolute Gasteiger partial charge is 0.395 e. The number of nitrogens with two attached hydrogens (primary N) is 1. The fourth-order valence-electron chi connectivity index (χ4n) is 1.90. The van der Waals surface area contributed by atoms with Crippen molar-refractivity contribution in [3.8, 4) is 0 Å². The maximum atomic E-state index is 9.43. The van der Waals surface area contributed by atoms with Crippen molar-refractivity contribution in [1.82, 2.24) is 4.90 Å². The molecule has 0 fully saturated rings. The summed E-state index contributed by atoms with van der Waals surface area (Å²) in [4.78, 5) is 2.09. The number of aliphatic hydroxyl groups is 1. The van der Waals surface area contributed by atoms with Gasteiger partial charge in [0.2, 0.25) is 0 Å². The SMILES string of the molecule is CC(C)CC(N)C(CO)N(C)CCOC(C)C. The van der Waals surface area contributed by atoms with E-state index in [9.17, 15) is 5.11 Å². The Morgan fingerprint density at radius 1 is 1.24 bits per heavy atom. The first-order valence-corrected chi connectivity index (χ1v) is 6.56. The molecule has 2 unspecified atom stereocenters. The first-order valence-electron chi connectivity index (χ1n) is 6.56. The lowest BCUT2D eigenvalue weighted by atomic mass is 9.98. The lowest BCUT2D eigenvalue weighted by Crippen LogP contribution is -2.50. The maximum absolute atomic E-state index is 9.43. The minimum absolute atomic E-state index is 0.0176. The number of hydrogen-bond donors (Lipinski definition) is 2. The summed E-state index contributed by atoms with van der Waals surface area (Å²) in [7, 11) is 1.99. The van der Waals surface area contributed by atoms with Crippen molar-refractivity contribution in [2.24, 2.45) is 11.7 Å². The molecule has 4 nitrogen and oxygen atoms in total. The Balaban J connectivity index is 4.06. The minimum atomic E-state index is 0.0176. The number of rotatable bonds is 9. The van der Waals surface area contributed by atoms with Crippen LogP contribution < -0.4 is 5.73 Å². The lowest BCUT2D eigenvalue weighted by molar-refractivity contribution is 0.0418. The van der Waals surface area contributed by atoms with E-state index in [1.54, 1.807) is 0 Å². The van der Waals surface area contributed by atoms with Crippen molar-refractivity contribution >= 4 is 0 Å². The quantitative estimate of drug-likeness (QED) is 0.639. The third-order valence-corrected chi connectivity index (χ3v) is 2.89. The predicted octanol–water partition coefficient (Wildman–Crippen LogP) is 1.08. The van der Waals surface area contributed by atoms with Gasteiger partial charge < -0.3 is 15.6 Å². The molecule has 0 bridgehead atoms. The van der Waals surface area contributed by atoms with Crippen LogP contribution in [0.5, 0.6) is 0 Å². The van der Waals surface area contributed by atoms with Crippen LogP contribution in [0.3, 0.4) is 0 Å². The molecule has 0 spiro atoms. The number of aliphatic hydroxyl groups excluding tert-OH is 1. The highest BCUT2D eigenvalue weighted by Crippen LogP contribution is 2.10. The number of hydrogen-bond acceptors (Lipinski definition) is 4. The molecule has 0 heterocycles. The van der Waals surface area contributed by atoms with Gasteiger partial charge in [-0.05, 0) is 33.2 Å². The van der Waals surface area contributed by atoms with E-state index < -0.39 is 0 Å². The van der Waals surface area contributed by atoms with Crippen LogP contribution in [0.1, 0.15) is 34.1 Å². The van der Waals surface area contributed by atoms with Crippen LogP contribution in [0.2, 0.25) is 0 Å². The van der Waals surface area contributed by atoms with Crippen molar-refractivity contribution < 1.29 is 9.84 Å². The molecule has 3 N–H and O–H groups in total. The van der Waals surface area contributed by atoms with E-state index in [0.717, 1.165) is 13.0 Å². The van der Waals surface area contributed by atoms with Crippen molar-refractivity contribution in [2.75, 3.05) is 26.8 Å². The van der Waals surface area contributed by atoms with Crippen LogP contribution in [0.4, 0.5) is 0 Å². The first-order chi connectivity index (χ1) is 7.88. The highest BCUT2D eigenvalue weighted by molar-refractivity contribution is 4.80. The fourth-order valence-corrected chi connectivity index (χ4v) is 1.90. The third kappa shape index (κ3) is 7.71. The van der Waals surface area contributed by atoms with E-state index in [1.165, 1.54) is 0 Å². The molecular formula is C13H30N2O2. The Bertz CT molecular complexity index is 186. The van der Waals surface area contributed by atoms with E-state index in [0.29, 0.717) is 12.5 Å². The molecule has 0 aromatic rings. The van der Waals surface area contributed by atoms with Crippen LogP contribution in [0.15, 0.2) is 0 Å². The number of likely N-dealkylation sites (N-methyl/N-ethyl adjacent to an activating group) is 1. The van der Waals surface area contributed by atoms with E-state index >= 15 is 0 Å². The summed E-state index contributed by atoms with van der Waals surface area (Å²) >= 11 is 0. The number of ether oxygens (including phenoxy) is 1. The van der Waals surface area contributed by atoms with Crippen LogP contribution in [0, 0.1) is 5.92 Å². The summed E-state index contributed by atoms with van der Waals surface area (Å²) in [5, 5.41) is 9.43. The predicted molar refractivity (Wildman–Crippen MR) is 72.0 cm³/mol. The summed E-state index contributed by atoms with van der Waals surface area (Å²) in [5.74, 6) is 0.555. The highest BCUT2D eigenvalue weighted by Gasteiger charge is 2.22. The van der Waals surface area contributed by atoms with Gasteiger partial charge in [-0.2, -0.15) is 0 Å². The normalized spacial score (nSPS) is 15.9. The Morgan fingerprint density at radius 2 is 1.82 bits per heavy atom. The molecule has 0 radical (unpaired) electrons. The summed E-state index contributed by atoms with van der Waals surface area (Å²) in [6.45, 7) is 9.93. The van der Waals surface area contributed by atoms with Gasteiger partial charge >= 0.3 is 0 Å². The highest BCUT2D eigenvalue weighted by atomic mass is 16.5. The molecule has 0 aliphatic rings. The molecule has 0 rings (SSSR count). The van der Waals surface area contributed by atoms with Crippen LogP contribution in [-0.4, -0.2) is 55.0 Å². The monoisotopic (exact) mass is 246 g/mol. The molecular weight excluding hydrogens is 216 g/mol. The third-order valence-electron chi connectivity index (χ3n) is 2.89. The van der Waals surface area contributed by atoms with Crippen LogP contribution in [-0.2, 0) is 4.74 Å². The summed E-state index contributed by atoms with van der Waals surface area (Å²) in [5.41, 5.74) is 6.12. The van der Waals surface area contributed by atoms with Gasteiger partial charge in [0.1, 0.15) is 0 Å². The average Bonchev–Trinajstić information content (AvgIpc) is 2.16. The lowest BCUT2D eigenvalue weighted by Gasteiger charge is -2.32. The summed E-state index contributed by atoms with van der Waals surface area (Å²) in [6, 6.07) is 0.0391. The van der Waals surface area contributed by atoms with Gasteiger partial charge in [0.15, 0.2) is 0 Å². The van der Waals surface area contributed by atoms with Gasteiger partial charge in [0.05, 0.1) is 19.3 Å². The van der Waals surface area contributed by atoms with Gasteiger partial charge in [-0.1, -0.05) is 13.8 Å². The fraction of sp³-hybridized carbons (Fsp3) is 1.00. The van der Waals surface area contributed by atoms with Gasteiger partial charge in [-0.15, -0.1) is 0 Å². The van der Waals surface area contributed by atoms with Crippen LogP contribution in [0.25, 0.3) is 0 Å². The van der Waals surface area contributed by atoms with E-state index in [-0.39, 0.29) is 24.8 Å². The zero-order valence-electron chi connectivity index (χ0n) is 12.0. The Hall–Kier alpha value is -0.160. The average molecular weight is 246 g/mol. The zero-order valence-corrected chi connectivity index (χ0v) is 12.0. The standard InChI is InChI=1S/C13H30N2O2/c1-10(2)8-12(14)13(9-16)15(5)6-7-17-11(3)4/h10-13,16H,6-9,14H2,1-5H3. The molecule has 0 amide bonds. The van der Waals surface area contributed by atoms with Crippen LogP contribution >= 0.6 is 0 Å². The molecule has 0 saturated heterocycles. The molecule has 0 aromatic heterocycles. The van der Waals surface area contributed by atoms with Gasteiger partial charge in [0.25, 0.3) is 0 Å². The first kappa shape index (κ1) is 16.8. The van der Waals surface area contributed by atoms with Crippen molar-refractivity contribution in [2.45, 2.75) is 52.3 Å². The van der Waals surface area contributed by atoms with Gasteiger partial charge in [-0.25, -0.2) is 0 Å². The molecule has 17 heavy (non-hydrogen) atoms. The second-order valence-electron chi connectivity index (χ2n) is 5.44. The smallest absolute Gasteiger partial charge is 0.0601 e. The van der Waals surface area contributed by atoms with Crippen molar-refractivity contribution in [3.05, 3.63) is 0 Å². The molecule has 0 aliphatic carbocycles. The summed E-state index contributed by atoms with van der Waals surface area (Å²) in [6.07, 6.45) is 1.18. The van der Waals surface area contributed by atoms with Gasteiger partial charge in [-0.3, -0.25) is 4.90 Å². The topological polar surface area (TPSA) is 58.7 Å². The van der Waals surface area contributed by atoms with E-state index in [1.807, 2.05) is 20.9 Å². The molecule has 2 atom stereocenters. The van der Waals surface area contributed by atoms with E-state index in [2.05, 4.69) is 18.7 Å². The molecule has 0 aliphatic heterocycles. The Morgan fingerprint density at radius 3 is 2.24 bits per heavy atom. The Kier molecular flexibility index (Phi) is 8.78. The number of nitrogens with zero attached hydrogens (tertiary/aromatic N) is 1.